The predicted molar refractivity (Wildman–Crippen MR) is 74.4 cm³/mol. The lowest BCUT2D eigenvalue weighted by molar-refractivity contribution is 0.834. The number of thiophene rings is 1. The molecule has 0 aliphatic heterocycles. The highest BCUT2D eigenvalue weighted by Gasteiger charge is 2.22. The molecule has 0 spiro atoms. The van der Waals surface area contributed by atoms with E-state index in [2.05, 4.69) is 10.3 Å². The third-order valence-corrected chi connectivity index (χ3v) is 4.56. The van der Waals surface area contributed by atoms with Crippen molar-refractivity contribution < 1.29 is 0 Å². The first-order valence-corrected chi connectivity index (χ1v) is 6.99. The minimum atomic E-state index is 0.0546. The average molecular weight is 264 g/mol. The van der Waals surface area contributed by atoms with Gasteiger partial charge >= 0.3 is 0 Å². The monoisotopic (exact) mass is 264 g/mol. The highest BCUT2D eigenvalue weighted by atomic mass is 32.1. The van der Waals surface area contributed by atoms with Crippen LogP contribution in [-0.4, -0.2) is 22.6 Å². The SMILES string of the molecule is Cn1c(NCCN)nc2sc3c(c2c1=O)CCC3. The fourth-order valence-electron chi connectivity index (χ4n) is 2.47. The molecule has 0 unspecified atom stereocenters. The molecule has 0 atom stereocenters. The first kappa shape index (κ1) is 11.7. The molecule has 0 amide bonds. The molecule has 5 nitrogen and oxygen atoms in total. The van der Waals surface area contributed by atoms with Crippen LogP contribution in [0.4, 0.5) is 5.95 Å². The van der Waals surface area contributed by atoms with Gasteiger partial charge in [-0.1, -0.05) is 0 Å². The minimum Gasteiger partial charge on any atom is -0.354 e. The van der Waals surface area contributed by atoms with Crippen molar-refractivity contribution in [3.05, 3.63) is 20.8 Å². The molecule has 0 radical (unpaired) electrons. The number of nitrogens with zero attached hydrogens (tertiary/aromatic N) is 2. The van der Waals surface area contributed by atoms with Crippen molar-refractivity contribution in [2.45, 2.75) is 19.3 Å². The molecule has 18 heavy (non-hydrogen) atoms. The second-order valence-corrected chi connectivity index (χ2v) is 5.64. The minimum absolute atomic E-state index is 0.0546. The zero-order valence-electron chi connectivity index (χ0n) is 10.3. The van der Waals surface area contributed by atoms with E-state index in [1.165, 1.54) is 10.4 Å². The summed E-state index contributed by atoms with van der Waals surface area (Å²) >= 11 is 1.66. The molecule has 1 aliphatic rings. The molecule has 0 saturated carbocycles. The highest BCUT2D eigenvalue weighted by Crippen LogP contribution is 2.34. The normalized spacial score (nSPS) is 14.1. The van der Waals surface area contributed by atoms with Crippen LogP contribution < -0.4 is 16.6 Å². The molecule has 96 valence electrons. The van der Waals surface area contributed by atoms with Crippen LogP contribution in [0.2, 0.25) is 0 Å². The summed E-state index contributed by atoms with van der Waals surface area (Å²) in [6.45, 7) is 1.14. The number of nitrogens with two attached hydrogens (primary N) is 1. The summed E-state index contributed by atoms with van der Waals surface area (Å²) in [5, 5.41) is 3.92. The van der Waals surface area contributed by atoms with Gasteiger partial charge in [0.25, 0.3) is 5.56 Å². The lowest BCUT2D eigenvalue weighted by Gasteiger charge is -2.09. The van der Waals surface area contributed by atoms with Crippen LogP contribution in [-0.2, 0) is 19.9 Å². The zero-order valence-corrected chi connectivity index (χ0v) is 11.1. The highest BCUT2D eigenvalue weighted by molar-refractivity contribution is 7.18. The molecule has 2 heterocycles. The summed E-state index contributed by atoms with van der Waals surface area (Å²) in [5.74, 6) is 0.609. The molecule has 6 heteroatoms. The molecule has 0 fully saturated rings. The molecular formula is C12H16N4OS. The maximum absolute atomic E-state index is 12.4. The number of anilines is 1. The van der Waals surface area contributed by atoms with E-state index < -0.39 is 0 Å². The summed E-state index contributed by atoms with van der Waals surface area (Å²) < 4.78 is 1.59. The Balaban J connectivity index is 2.20. The third kappa shape index (κ3) is 1.64. The quantitative estimate of drug-likeness (QED) is 0.862. The largest absolute Gasteiger partial charge is 0.354 e. The van der Waals surface area contributed by atoms with E-state index in [0.29, 0.717) is 19.0 Å². The number of rotatable bonds is 3. The number of hydrogen-bond acceptors (Lipinski definition) is 5. The van der Waals surface area contributed by atoms with E-state index in [9.17, 15) is 4.79 Å². The lowest BCUT2D eigenvalue weighted by Crippen LogP contribution is -2.24. The second-order valence-electron chi connectivity index (χ2n) is 4.55. The maximum atomic E-state index is 12.4. The van der Waals surface area contributed by atoms with Crippen LogP contribution in [0.3, 0.4) is 0 Å². The average Bonchev–Trinajstić information content (AvgIpc) is 2.91. The summed E-state index contributed by atoms with van der Waals surface area (Å²) in [6.07, 6.45) is 3.26. The van der Waals surface area contributed by atoms with Gasteiger partial charge in [-0.15, -0.1) is 11.3 Å². The van der Waals surface area contributed by atoms with Crippen molar-refractivity contribution >= 4 is 27.5 Å². The van der Waals surface area contributed by atoms with Crippen LogP contribution in [0.1, 0.15) is 16.9 Å². The number of aryl methyl sites for hydroxylation is 2. The van der Waals surface area contributed by atoms with Crippen molar-refractivity contribution in [2.75, 3.05) is 18.4 Å². The van der Waals surface area contributed by atoms with Crippen LogP contribution in [0.25, 0.3) is 10.2 Å². The van der Waals surface area contributed by atoms with E-state index in [-0.39, 0.29) is 5.56 Å². The standard InChI is InChI=1S/C12H16N4OS/c1-16-11(17)9-7-3-2-4-8(7)18-10(9)15-12(16)14-6-5-13/h2-6,13H2,1H3,(H,14,15). The molecule has 0 bridgehead atoms. The lowest BCUT2D eigenvalue weighted by atomic mass is 10.2. The van der Waals surface area contributed by atoms with Gasteiger partial charge in [-0.3, -0.25) is 9.36 Å². The molecular weight excluding hydrogens is 248 g/mol. The van der Waals surface area contributed by atoms with E-state index in [4.69, 9.17) is 5.73 Å². The summed E-state index contributed by atoms with van der Waals surface area (Å²) in [7, 11) is 1.76. The Morgan fingerprint density at radius 2 is 2.33 bits per heavy atom. The molecule has 3 rings (SSSR count). The van der Waals surface area contributed by atoms with Crippen molar-refractivity contribution in [1.82, 2.24) is 9.55 Å². The summed E-state index contributed by atoms with van der Waals surface area (Å²) in [6, 6.07) is 0. The van der Waals surface area contributed by atoms with Gasteiger partial charge in [0.15, 0.2) is 0 Å². The van der Waals surface area contributed by atoms with Gasteiger partial charge in [0.1, 0.15) is 4.83 Å². The predicted octanol–water partition coefficient (Wildman–Crippen LogP) is 0.854. The Morgan fingerprint density at radius 3 is 3.11 bits per heavy atom. The van der Waals surface area contributed by atoms with Gasteiger partial charge in [0, 0.05) is 25.0 Å². The third-order valence-electron chi connectivity index (χ3n) is 3.37. The van der Waals surface area contributed by atoms with Gasteiger partial charge in [-0.25, -0.2) is 4.98 Å². The number of nitrogens with one attached hydrogen (secondary N) is 1. The van der Waals surface area contributed by atoms with Crippen molar-refractivity contribution in [2.24, 2.45) is 12.8 Å². The molecule has 2 aromatic heterocycles. The first-order chi connectivity index (χ1) is 8.72. The number of hydrogen-bond donors (Lipinski definition) is 2. The van der Waals surface area contributed by atoms with Crippen molar-refractivity contribution in [3.8, 4) is 0 Å². The van der Waals surface area contributed by atoms with E-state index in [1.54, 1.807) is 23.0 Å². The second kappa shape index (κ2) is 4.37. The summed E-state index contributed by atoms with van der Waals surface area (Å²) in [4.78, 5) is 19.1. The van der Waals surface area contributed by atoms with Crippen LogP contribution in [0.5, 0.6) is 0 Å². The fourth-order valence-corrected chi connectivity index (χ4v) is 3.72. The van der Waals surface area contributed by atoms with Gasteiger partial charge in [-0.2, -0.15) is 0 Å². The van der Waals surface area contributed by atoms with E-state index >= 15 is 0 Å². The first-order valence-electron chi connectivity index (χ1n) is 6.17. The van der Waals surface area contributed by atoms with Crippen LogP contribution in [0, 0.1) is 0 Å². The molecule has 0 saturated heterocycles. The Morgan fingerprint density at radius 1 is 1.50 bits per heavy atom. The Hall–Kier alpha value is -1.40. The van der Waals surface area contributed by atoms with Gasteiger partial charge in [-0.05, 0) is 24.8 Å². The summed E-state index contributed by atoms with van der Waals surface area (Å²) in [5.41, 5.74) is 6.75. The van der Waals surface area contributed by atoms with Crippen LogP contribution >= 0.6 is 11.3 Å². The van der Waals surface area contributed by atoms with E-state index in [1.807, 2.05) is 0 Å². The van der Waals surface area contributed by atoms with Gasteiger partial charge in [0.2, 0.25) is 5.95 Å². The smallest absolute Gasteiger partial charge is 0.263 e. The Bertz CT molecular complexity index is 658. The molecule has 1 aliphatic carbocycles. The van der Waals surface area contributed by atoms with E-state index in [0.717, 1.165) is 29.5 Å². The molecule has 2 aromatic rings. The zero-order chi connectivity index (χ0) is 12.7. The Labute approximate surface area is 109 Å². The number of aromatic nitrogens is 2. The fraction of sp³-hybridized carbons (Fsp3) is 0.500. The number of fused-ring (bicyclic) bond motifs is 3. The topological polar surface area (TPSA) is 72.9 Å². The van der Waals surface area contributed by atoms with Gasteiger partial charge < -0.3 is 11.1 Å². The van der Waals surface area contributed by atoms with Crippen molar-refractivity contribution in [1.29, 1.82) is 0 Å². The molecule has 3 N–H and O–H groups in total. The van der Waals surface area contributed by atoms with Gasteiger partial charge in [0.05, 0.1) is 5.39 Å². The van der Waals surface area contributed by atoms with Crippen LogP contribution in [0.15, 0.2) is 4.79 Å². The maximum Gasteiger partial charge on any atom is 0.263 e. The Kier molecular flexibility index (Phi) is 2.83. The van der Waals surface area contributed by atoms with Crippen molar-refractivity contribution in [3.63, 3.8) is 0 Å². The molecule has 0 aromatic carbocycles.